The second-order valence-electron chi connectivity index (χ2n) is 5.45. The van der Waals surface area contributed by atoms with Crippen molar-refractivity contribution < 1.29 is 9.53 Å². The van der Waals surface area contributed by atoms with Gasteiger partial charge in [-0.2, -0.15) is 0 Å². The van der Waals surface area contributed by atoms with Gasteiger partial charge in [0.25, 0.3) is 5.91 Å². The molecule has 1 heterocycles. The number of nitrogens with zero attached hydrogens (tertiary/aromatic N) is 1. The first-order chi connectivity index (χ1) is 12.2. The van der Waals surface area contributed by atoms with E-state index in [9.17, 15) is 4.79 Å². The van der Waals surface area contributed by atoms with Crippen molar-refractivity contribution in [2.75, 3.05) is 0 Å². The number of halogens is 1. The molecule has 0 aliphatic carbocycles. The summed E-state index contributed by atoms with van der Waals surface area (Å²) in [6.45, 7) is 0.804. The molecule has 0 saturated heterocycles. The molecule has 3 aromatic rings. The average molecular weight is 353 g/mol. The number of carbonyl (C=O) groups excluding carboxylic acids is 1. The smallest absolute Gasteiger partial charge is 0.255 e. The Hall–Kier alpha value is -2.85. The Labute approximate surface area is 151 Å². The maximum Gasteiger partial charge on any atom is 0.255 e. The normalized spacial score (nSPS) is 10.3. The van der Waals surface area contributed by atoms with Crippen LogP contribution < -0.4 is 10.1 Å². The largest absolute Gasteiger partial charge is 0.488 e. The molecule has 0 fully saturated rings. The number of aromatic nitrogens is 1. The van der Waals surface area contributed by atoms with Gasteiger partial charge in [-0.3, -0.25) is 9.78 Å². The Morgan fingerprint density at radius 1 is 0.960 bits per heavy atom. The van der Waals surface area contributed by atoms with Crippen LogP contribution in [-0.2, 0) is 13.2 Å². The van der Waals surface area contributed by atoms with Gasteiger partial charge in [0, 0.05) is 24.0 Å². The van der Waals surface area contributed by atoms with E-state index in [2.05, 4.69) is 10.3 Å². The molecule has 1 N–H and O–H groups in total. The predicted octanol–water partition coefficient (Wildman–Crippen LogP) is 4.24. The van der Waals surface area contributed by atoms with Crippen molar-refractivity contribution in [2.45, 2.75) is 13.2 Å². The number of amides is 1. The number of ether oxygens (including phenoxy) is 1. The van der Waals surface area contributed by atoms with Gasteiger partial charge < -0.3 is 10.1 Å². The molecule has 0 unspecified atom stereocenters. The van der Waals surface area contributed by atoms with Crippen LogP contribution in [0.1, 0.15) is 21.5 Å². The molecule has 0 radical (unpaired) electrons. The van der Waals surface area contributed by atoms with Crippen molar-refractivity contribution in [3.63, 3.8) is 0 Å². The average Bonchev–Trinajstić information content (AvgIpc) is 2.67. The number of carbonyl (C=O) groups is 1. The highest BCUT2D eigenvalue weighted by molar-refractivity contribution is 6.30. The number of rotatable bonds is 6. The molecule has 0 atom stereocenters. The molecule has 0 spiro atoms. The molecule has 1 aromatic heterocycles. The van der Waals surface area contributed by atoms with Crippen molar-refractivity contribution in [3.8, 4) is 5.75 Å². The lowest BCUT2D eigenvalue weighted by Gasteiger charge is -2.12. The van der Waals surface area contributed by atoms with Crippen molar-refractivity contribution in [3.05, 3.63) is 94.8 Å². The Balaban J connectivity index is 1.65. The highest BCUT2D eigenvalue weighted by atomic mass is 35.5. The molecule has 0 bridgehead atoms. The van der Waals surface area contributed by atoms with Crippen molar-refractivity contribution in [2.24, 2.45) is 0 Å². The van der Waals surface area contributed by atoms with Crippen LogP contribution in [-0.4, -0.2) is 10.9 Å². The van der Waals surface area contributed by atoms with Gasteiger partial charge in [-0.25, -0.2) is 0 Å². The third kappa shape index (κ3) is 4.81. The lowest BCUT2D eigenvalue weighted by atomic mass is 10.1. The second kappa shape index (κ2) is 8.31. The molecule has 4 nitrogen and oxygen atoms in total. The minimum absolute atomic E-state index is 0.177. The predicted molar refractivity (Wildman–Crippen MR) is 97.6 cm³/mol. The monoisotopic (exact) mass is 352 g/mol. The second-order valence-corrected chi connectivity index (χ2v) is 5.89. The lowest BCUT2D eigenvalue weighted by molar-refractivity contribution is 0.0946. The molecule has 5 heteroatoms. The van der Waals surface area contributed by atoms with Crippen LogP contribution in [0.3, 0.4) is 0 Å². The summed E-state index contributed by atoms with van der Waals surface area (Å²) in [6, 6.07) is 18.3. The van der Waals surface area contributed by atoms with Crippen LogP contribution in [0, 0.1) is 0 Å². The summed E-state index contributed by atoms with van der Waals surface area (Å²) in [5.41, 5.74) is 2.48. The third-order valence-electron chi connectivity index (χ3n) is 3.64. The van der Waals surface area contributed by atoms with Crippen LogP contribution in [0.5, 0.6) is 5.75 Å². The maximum absolute atomic E-state index is 12.5. The van der Waals surface area contributed by atoms with E-state index in [4.69, 9.17) is 16.3 Å². The van der Waals surface area contributed by atoms with Crippen molar-refractivity contribution >= 4 is 17.5 Å². The van der Waals surface area contributed by atoms with E-state index in [-0.39, 0.29) is 5.91 Å². The van der Waals surface area contributed by atoms with Crippen LogP contribution in [0.15, 0.2) is 73.1 Å². The fourth-order valence-corrected chi connectivity index (χ4v) is 2.43. The maximum atomic E-state index is 12.5. The number of pyridine rings is 1. The highest BCUT2D eigenvalue weighted by Gasteiger charge is 2.12. The van der Waals surface area contributed by atoms with E-state index >= 15 is 0 Å². The summed E-state index contributed by atoms with van der Waals surface area (Å²) in [6.07, 6.45) is 3.40. The summed E-state index contributed by atoms with van der Waals surface area (Å²) >= 11 is 5.88. The summed E-state index contributed by atoms with van der Waals surface area (Å²) in [5.74, 6) is 0.369. The fourth-order valence-electron chi connectivity index (χ4n) is 2.30. The fraction of sp³-hybridized carbons (Fsp3) is 0.100. The minimum atomic E-state index is -0.177. The standard InChI is InChI=1S/C20H17ClN2O2/c21-17-7-5-16(6-8-17)14-25-19-4-2-1-3-18(19)20(24)23-13-15-9-11-22-12-10-15/h1-12H,13-14H2,(H,23,24). The van der Waals surface area contributed by atoms with Gasteiger partial charge in [0.2, 0.25) is 0 Å². The SMILES string of the molecule is O=C(NCc1ccncc1)c1ccccc1OCc1ccc(Cl)cc1. The molecular weight excluding hydrogens is 336 g/mol. The molecule has 2 aromatic carbocycles. The summed E-state index contributed by atoms with van der Waals surface area (Å²) < 4.78 is 5.82. The number of nitrogens with one attached hydrogen (secondary N) is 1. The van der Waals surface area contributed by atoms with Crippen LogP contribution >= 0.6 is 11.6 Å². The van der Waals surface area contributed by atoms with Crippen LogP contribution in [0.2, 0.25) is 5.02 Å². The number of benzene rings is 2. The Morgan fingerprint density at radius 3 is 2.44 bits per heavy atom. The number of hydrogen-bond donors (Lipinski definition) is 1. The van der Waals surface area contributed by atoms with Crippen LogP contribution in [0.25, 0.3) is 0 Å². The molecule has 1 amide bonds. The summed E-state index contributed by atoms with van der Waals surface area (Å²) in [7, 11) is 0. The van der Waals surface area contributed by atoms with E-state index in [1.807, 2.05) is 48.5 Å². The molecular formula is C20H17ClN2O2. The Bertz CT molecular complexity index is 836. The Morgan fingerprint density at radius 2 is 1.68 bits per heavy atom. The molecule has 0 aliphatic rings. The van der Waals surface area contributed by atoms with E-state index in [1.165, 1.54) is 0 Å². The zero-order valence-corrected chi connectivity index (χ0v) is 14.2. The Kier molecular flexibility index (Phi) is 5.65. The van der Waals surface area contributed by atoms with E-state index in [1.54, 1.807) is 24.5 Å². The number of hydrogen-bond acceptors (Lipinski definition) is 3. The third-order valence-corrected chi connectivity index (χ3v) is 3.89. The van der Waals surface area contributed by atoms with Crippen molar-refractivity contribution in [1.29, 1.82) is 0 Å². The molecule has 3 rings (SSSR count). The van der Waals surface area contributed by atoms with Gasteiger partial charge in [0.15, 0.2) is 0 Å². The summed E-state index contributed by atoms with van der Waals surface area (Å²) in [4.78, 5) is 16.4. The van der Waals surface area contributed by atoms with E-state index in [0.717, 1.165) is 11.1 Å². The van der Waals surface area contributed by atoms with Gasteiger partial charge in [0.1, 0.15) is 12.4 Å². The molecule has 0 saturated carbocycles. The van der Waals surface area contributed by atoms with Crippen molar-refractivity contribution in [1.82, 2.24) is 10.3 Å². The van der Waals surface area contributed by atoms with Gasteiger partial charge in [-0.1, -0.05) is 35.9 Å². The van der Waals surface area contributed by atoms with E-state index < -0.39 is 0 Å². The zero-order valence-electron chi connectivity index (χ0n) is 13.5. The van der Waals surface area contributed by atoms with Gasteiger partial charge in [0.05, 0.1) is 5.56 Å². The van der Waals surface area contributed by atoms with Crippen LogP contribution in [0.4, 0.5) is 0 Å². The summed E-state index contributed by atoms with van der Waals surface area (Å²) in [5, 5.41) is 3.58. The van der Waals surface area contributed by atoms with Gasteiger partial charge in [-0.15, -0.1) is 0 Å². The quantitative estimate of drug-likeness (QED) is 0.721. The van der Waals surface area contributed by atoms with Gasteiger partial charge in [-0.05, 0) is 47.5 Å². The molecule has 0 aliphatic heterocycles. The van der Waals surface area contributed by atoms with Gasteiger partial charge >= 0.3 is 0 Å². The highest BCUT2D eigenvalue weighted by Crippen LogP contribution is 2.20. The zero-order chi connectivity index (χ0) is 17.5. The molecule has 126 valence electrons. The lowest BCUT2D eigenvalue weighted by Crippen LogP contribution is -2.23. The van der Waals surface area contributed by atoms with E-state index in [0.29, 0.717) is 29.5 Å². The number of para-hydroxylation sites is 1. The first kappa shape index (κ1) is 17.0. The first-order valence-corrected chi connectivity index (χ1v) is 8.23. The topological polar surface area (TPSA) is 51.2 Å². The minimum Gasteiger partial charge on any atom is -0.488 e. The first-order valence-electron chi connectivity index (χ1n) is 7.86. The molecule has 25 heavy (non-hydrogen) atoms.